The van der Waals surface area contributed by atoms with Crippen LogP contribution in [0.5, 0.6) is 0 Å². The van der Waals surface area contributed by atoms with Crippen LogP contribution in [0.3, 0.4) is 0 Å². The highest BCUT2D eigenvalue weighted by Crippen LogP contribution is 2.30. The highest BCUT2D eigenvalue weighted by molar-refractivity contribution is 5.60. The Kier molecular flexibility index (Phi) is 5.47. The van der Waals surface area contributed by atoms with Crippen LogP contribution in [0.1, 0.15) is 36.9 Å². The van der Waals surface area contributed by atoms with Gasteiger partial charge in [-0.3, -0.25) is 4.98 Å². The number of nitrogens with zero attached hydrogens (tertiary/aromatic N) is 4. The van der Waals surface area contributed by atoms with Gasteiger partial charge < -0.3 is 9.64 Å². The monoisotopic (exact) mass is 362 g/mol. The highest BCUT2D eigenvalue weighted by atomic mass is 16.5. The Balaban J connectivity index is 1.54. The molecule has 27 heavy (non-hydrogen) atoms. The molecule has 2 aliphatic rings. The average Bonchev–Trinajstić information content (AvgIpc) is 2.74. The summed E-state index contributed by atoms with van der Waals surface area (Å²) in [5, 5.41) is 0. The van der Waals surface area contributed by atoms with Gasteiger partial charge >= 0.3 is 0 Å². The van der Waals surface area contributed by atoms with E-state index in [1.807, 2.05) is 18.3 Å². The quantitative estimate of drug-likeness (QED) is 0.774. The molecule has 5 nitrogen and oxygen atoms in total. The summed E-state index contributed by atoms with van der Waals surface area (Å²) in [4.78, 5) is 16.2. The van der Waals surface area contributed by atoms with E-state index in [2.05, 4.69) is 35.2 Å². The number of ether oxygens (including phenoxy) is 1. The van der Waals surface area contributed by atoms with E-state index in [9.17, 15) is 0 Å². The number of allylic oxidation sites excluding steroid dienone is 3. The van der Waals surface area contributed by atoms with Crippen LogP contribution in [0.15, 0.2) is 48.5 Å². The smallest absolute Gasteiger partial charge is 0.163 e. The SMILES string of the molecule is CN(CCOC1=CCCC=C1)c1nc(-c2cccnc2)nc2c1CCCC2. The summed E-state index contributed by atoms with van der Waals surface area (Å²) < 4.78 is 5.91. The lowest BCUT2D eigenvalue weighted by Crippen LogP contribution is -2.26. The molecule has 2 aromatic rings. The van der Waals surface area contributed by atoms with Crippen molar-refractivity contribution in [3.05, 3.63) is 59.8 Å². The number of rotatable bonds is 6. The topological polar surface area (TPSA) is 51.1 Å². The summed E-state index contributed by atoms with van der Waals surface area (Å²) in [5.74, 6) is 2.79. The second-order valence-corrected chi connectivity index (χ2v) is 7.10. The number of aromatic nitrogens is 3. The van der Waals surface area contributed by atoms with Gasteiger partial charge in [0.2, 0.25) is 0 Å². The first-order chi connectivity index (χ1) is 13.3. The van der Waals surface area contributed by atoms with Gasteiger partial charge in [-0.2, -0.15) is 0 Å². The first kappa shape index (κ1) is 17.7. The second-order valence-electron chi connectivity index (χ2n) is 7.10. The normalized spacial score (nSPS) is 15.8. The zero-order valence-corrected chi connectivity index (χ0v) is 15.9. The number of hydrogen-bond acceptors (Lipinski definition) is 5. The molecule has 0 fully saturated rings. The predicted molar refractivity (Wildman–Crippen MR) is 108 cm³/mol. The van der Waals surface area contributed by atoms with Gasteiger partial charge in [0.1, 0.15) is 18.2 Å². The van der Waals surface area contributed by atoms with Crippen molar-refractivity contribution in [1.29, 1.82) is 0 Å². The molecular formula is C22H26N4O. The van der Waals surface area contributed by atoms with E-state index < -0.39 is 0 Å². The zero-order valence-electron chi connectivity index (χ0n) is 15.9. The number of anilines is 1. The van der Waals surface area contributed by atoms with Gasteiger partial charge in [-0.25, -0.2) is 9.97 Å². The molecule has 5 heteroatoms. The van der Waals surface area contributed by atoms with Crippen molar-refractivity contribution in [2.45, 2.75) is 38.5 Å². The maximum absolute atomic E-state index is 5.91. The Morgan fingerprint density at radius 1 is 1.15 bits per heavy atom. The van der Waals surface area contributed by atoms with E-state index in [-0.39, 0.29) is 0 Å². The van der Waals surface area contributed by atoms with E-state index in [0.29, 0.717) is 6.61 Å². The van der Waals surface area contributed by atoms with E-state index in [0.717, 1.165) is 55.2 Å². The van der Waals surface area contributed by atoms with Crippen molar-refractivity contribution < 1.29 is 4.74 Å². The van der Waals surface area contributed by atoms with Crippen molar-refractivity contribution in [2.75, 3.05) is 25.1 Å². The highest BCUT2D eigenvalue weighted by Gasteiger charge is 2.20. The molecule has 140 valence electrons. The maximum atomic E-state index is 5.91. The first-order valence-electron chi connectivity index (χ1n) is 9.82. The number of likely N-dealkylation sites (N-methyl/N-ethyl adjacent to an activating group) is 1. The van der Waals surface area contributed by atoms with Crippen LogP contribution < -0.4 is 4.90 Å². The fourth-order valence-electron chi connectivity index (χ4n) is 3.62. The molecule has 2 heterocycles. The molecule has 0 spiro atoms. The molecule has 2 aromatic heterocycles. The van der Waals surface area contributed by atoms with Crippen molar-refractivity contribution in [3.8, 4) is 11.4 Å². The number of fused-ring (bicyclic) bond motifs is 1. The fourth-order valence-corrected chi connectivity index (χ4v) is 3.62. The van der Waals surface area contributed by atoms with Gasteiger partial charge in [-0.1, -0.05) is 6.08 Å². The number of pyridine rings is 1. The molecule has 2 aliphatic carbocycles. The van der Waals surface area contributed by atoms with Crippen molar-refractivity contribution >= 4 is 5.82 Å². The molecule has 0 bridgehead atoms. The van der Waals surface area contributed by atoms with Crippen molar-refractivity contribution in [1.82, 2.24) is 15.0 Å². The Morgan fingerprint density at radius 3 is 2.89 bits per heavy atom. The molecule has 0 amide bonds. The summed E-state index contributed by atoms with van der Waals surface area (Å²) in [5.41, 5.74) is 3.46. The molecule has 4 rings (SSSR count). The second kappa shape index (κ2) is 8.33. The third-order valence-electron chi connectivity index (χ3n) is 5.10. The van der Waals surface area contributed by atoms with Gasteiger partial charge in [0, 0.05) is 36.3 Å². The third-order valence-corrected chi connectivity index (χ3v) is 5.10. The molecule has 0 aromatic carbocycles. The third kappa shape index (κ3) is 4.18. The van der Waals surface area contributed by atoms with Gasteiger partial charge in [0.25, 0.3) is 0 Å². The maximum Gasteiger partial charge on any atom is 0.163 e. The molecule has 0 saturated carbocycles. The van der Waals surface area contributed by atoms with Gasteiger partial charge in [0.05, 0.1) is 6.54 Å². The van der Waals surface area contributed by atoms with Gasteiger partial charge in [-0.15, -0.1) is 0 Å². The number of hydrogen-bond donors (Lipinski definition) is 0. The van der Waals surface area contributed by atoms with E-state index in [4.69, 9.17) is 14.7 Å². The van der Waals surface area contributed by atoms with Crippen LogP contribution in [-0.2, 0) is 17.6 Å². The molecule has 0 N–H and O–H groups in total. The van der Waals surface area contributed by atoms with Crippen molar-refractivity contribution in [3.63, 3.8) is 0 Å². The minimum absolute atomic E-state index is 0.647. The predicted octanol–water partition coefficient (Wildman–Crippen LogP) is 4.10. The Hall–Kier alpha value is -2.69. The van der Waals surface area contributed by atoms with Gasteiger partial charge in [0.15, 0.2) is 5.82 Å². The lowest BCUT2D eigenvalue weighted by molar-refractivity contribution is 0.230. The molecule has 0 unspecified atom stereocenters. The summed E-state index contributed by atoms with van der Waals surface area (Å²) in [6.45, 7) is 1.44. The summed E-state index contributed by atoms with van der Waals surface area (Å²) in [6, 6.07) is 3.95. The summed E-state index contributed by atoms with van der Waals surface area (Å²) in [7, 11) is 2.10. The van der Waals surface area contributed by atoms with Crippen LogP contribution in [0, 0.1) is 0 Å². The first-order valence-corrected chi connectivity index (χ1v) is 9.82. The number of aryl methyl sites for hydroxylation is 1. The average molecular weight is 362 g/mol. The minimum atomic E-state index is 0.647. The zero-order chi connectivity index (χ0) is 18.5. The lowest BCUT2D eigenvalue weighted by Gasteiger charge is -2.26. The molecule has 0 aliphatic heterocycles. The van der Waals surface area contributed by atoms with Crippen LogP contribution in [0.4, 0.5) is 5.82 Å². The van der Waals surface area contributed by atoms with Gasteiger partial charge in [-0.05, 0) is 62.8 Å². The Bertz CT molecular complexity index is 845. The molecule has 0 atom stereocenters. The Labute approximate surface area is 160 Å². The van der Waals surface area contributed by atoms with Crippen LogP contribution in [-0.4, -0.2) is 35.2 Å². The summed E-state index contributed by atoms with van der Waals surface area (Å²) >= 11 is 0. The molecular weight excluding hydrogens is 336 g/mol. The standard InChI is InChI=1S/C22H26N4O/c1-26(14-15-27-18-9-3-2-4-10-18)22-19-11-5-6-12-20(19)24-21(25-22)17-8-7-13-23-16-17/h3,7-10,13,16H,2,4-6,11-12,14-15H2,1H3. The van der Waals surface area contributed by atoms with Crippen LogP contribution in [0.2, 0.25) is 0 Å². The van der Waals surface area contributed by atoms with E-state index in [1.54, 1.807) is 6.20 Å². The van der Waals surface area contributed by atoms with Crippen molar-refractivity contribution in [2.24, 2.45) is 0 Å². The van der Waals surface area contributed by atoms with E-state index in [1.165, 1.54) is 24.1 Å². The largest absolute Gasteiger partial charge is 0.492 e. The van der Waals surface area contributed by atoms with E-state index >= 15 is 0 Å². The minimum Gasteiger partial charge on any atom is -0.492 e. The lowest BCUT2D eigenvalue weighted by atomic mass is 9.96. The molecule has 0 radical (unpaired) electrons. The molecule has 0 saturated heterocycles. The Morgan fingerprint density at radius 2 is 2.07 bits per heavy atom. The summed E-state index contributed by atoms with van der Waals surface area (Å²) in [6.07, 6.45) is 16.7. The fraction of sp³-hybridized carbons (Fsp3) is 0.409. The van der Waals surface area contributed by atoms with Crippen LogP contribution >= 0.6 is 0 Å². The van der Waals surface area contributed by atoms with Crippen LogP contribution in [0.25, 0.3) is 11.4 Å².